The van der Waals surface area contributed by atoms with Gasteiger partial charge in [0.25, 0.3) is 5.91 Å². The number of carbonyl (C=O) groups excluding carboxylic acids is 1. The van der Waals surface area contributed by atoms with Gasteiger partial charge in [0.05, 0.1) is 24.3 Å². The first-order valence-corrected chi connectivity index (χ1v) is 8.89. The minimum atomic E-state index is -0.638. The summed E-state index contributed by atoms with van der Waals surface area (Å²) in [5.41, 5.74) is 1.33. The van der Waals surface area contributed by atoms with Gasteiger partial charge in [-0.3, -0.25) is 19.8 Å². The van der Waals surface area contributed by atoms with Crippen molar-refractivity contribution < 1.29 is 14.3 Å². The van der Waals surface area contributed by atoms with Crippen LogP contribution < -0.4 is 5.32 Å². The van der Waals surface area contributed by atoms with Crippen LogP contribution in [-0.4, -0.2) is 56.3 Å². The number of likely N-dealkylation sites (tertiary alicyclic amines) is 1. The van der Waals surface area contributed by atoms with Crippen LogP contribution in [0.15, 0.2) is 53.3 Å². The van der Waals surface area contributed by atoms with E-state index in [2.05, 4.69) is 25.4 Å². The third-order valence-electron chi connectivity index (χ3n) is 4.71. The number of furan rings is 1. The van der Waals surface area contributed by atoms with Crippen LogP contribution in [0, 0.1) is 0 Å². The van der Waals surface area contributed by atoms with Crippen molar-refractivity contribution in [1.82, 2.24) is 25.4 Å². The van der Waals surface area contributed by atoms with Gasteiger partial charge < -0.3 is 14.8 Å². The molecule has 4 heterocycles. The number of rotatable bonds is 5. The number of piperidine rings is 1. The van der Waals surface area contributed by atoms with E-state index in [0.717, 1.165) is 23.8 Å². The molecule has 2 atom stereocenters. The SMILES string of the molecule is O=C(N[C@@H]1CCN(Cc2ccc(-c3ccn[nH]3)o2)C[C@H]1O)c1cccnc1. The molecule has 1 aliphatic heterocycles. The Morgan fingerprint density at radius 1 is 1.33 bits per heavy atom. The monoisotopic (exact) mass is 367 g/mol. The summed E-state index contributed by atoms with van der Waals surface area (Å²) in [4.78, 5) is 18.3. The van der Waals surface area contributed by atoms with Gasteiger partial charge in [0.15, 0.2) is 5.76 Å². The average Bonchev–Trinajstić information content (AvgIpc) is 3.36. The number of aliphatic hydroxyl groups is 1. The second kappa shape index (κ2) is 7.73. The second-order valence-corrected chi connectivity index (χ2v) is 6.65. The number of hydrogen-bond acceptors (Lipinski definition) is 6. The lowest BCUT2D eigenvalue weighted by molar-refractivity contribution is 0.0327. The molecule has 0 unspecified atom stereocenters. The molecule has 3 aromatic rings. The summed E-state index contributed by atoms with van der Waals surface area (Å²) in [6.07, 6.45) is 4.85. The standard InChI is InChI=1S/C19H21N5O3/c25-17-12-24(11-14-3-4-18(27-14)16-5-8-21-23-16)9-6-15(17)22-19(26)13-2-1-7-20-10-13/h1-5,7-8,10,15,17,25H,6,9,11-12H2,(H,21,23)(H,22,26)/t15-,17-/m1/s1. The number of aliphatic hydroxyl groups excluding tert-OH is 1. The number of β-amino-alcohol motifs (C(OH)–C–C–N with tert-alkyl or cyclic N) is 1. The number of nitrogens with one attached hydrogen (secondary N) is 2. The normalized spacial score (nSPS) is 20.5. The summed E-state index contributed by atoms with van der Waals surface area (Å²) in [6, 6.07) is 8.83. The number of aromatic amines is 1. The van der Waals surface area contributed by atoms with Crippen molar-refractivity contribution >= 4 is 5.91 Å². The zero-order valence-electron chi connectivity index (χ0n) is 14.7. The van der Waals surface area contributed by atoms with Crippen LogP contribution >= 0.6 is 0 Å². The Labute approximate surface area is 156 Å². The minimum absolute atomic E-state index is 0.212. The molecule has 0 aliphatic carbocycles. The first kappa shape index (κ1) is 17.4. The van der Waals surface area contributed by atoms with Crippen LogP contribution in [0.2, 0.25) is 0 Å². The number of aromatic nitrogens is 3. The van der Waals surface area contributed by atoms with Crippen LogP contribution in [0.4, 0.5) is 0 Å². The molecule has 0 saturated carbocycles. The van der Waals surface area contributed by atoms with Gasteiger partial charge in [-0.15, -0.1) is 0 Å². The van der Waals surface area contributed by atoms with Crippen molar-refractivity contribution in [2.45, 2.75) is 25.1 Å². The highest BCUT2D eigenvalue weighted by Gasteiger charge is 2.29. The van der Waals surface area contributed by atoms with E-state index in [1.54, 1.807) is 24.5 Å². The number of amides is 1. The number of hydrogen-bond donors (Lipinski definition) is 3. The number of H-pyrrole nitrogens is 1. The maximum atomic E-state index is 12.2. The van der Waals surface area contributed by atoms with Crippen LogP contribution in [0.3, 0.4) is 0 Å². The molecule has 4 rings (SSSR count). The molecule has 1 aliphatic rings. The molecule has 1 amide bonds. The molecule has 0 bridgehead atoms. The van der Waals surface area contributed by atoms with E-state index in [1.165, 1.54) is 6.20 Å². The van der Waals surface area contributed by atoms with Gasteiger partial charge in [0.1, 0.15) is 11.5 Å². The van der Waals surface area contributed by atoms with Gasteiger partial charge in [-0.25, -0.2) is 0 Å². The van der Waals surface area contributed by atoms with E-state index in [1.807, 2.05) is 18.2 Å². The number of nitrogens with zero attached hydrogens (tertiary/aromatic N) is 3. The Kier molecular flexibility index (Phi) is 4.99. The first-order chi connectivity index (χ1) is 13.2. The number of pyridine rings is 1. The second-order valence-electron chi connectivity index (χ2n) is 6.65. The Balaban J connectivity index is 1.32. The van der Waals surface area contributed by atoms with E-state index >= 15 is 0 Å². The largest absolute Gasteiger partial charge is 0.458 e. The lowest BCUT2D eigenvalue weighted by Crippen LogP contribution is -2.53. The summed E-state index contributed by atoms with van der Waals surface area (Å²) in [5, 5.41) is 20.1. The van der Waals surface area contributed by atoms with Crippen molar-refractivity contribution in [3.8, 4) is 11.5 Å². The van der Waals surface area contributed by atoms with Crippen LogP contribution in [0.1, 0.15) is 22.5 Å². The van der Waals surface area contributed by atoms with Crippen molar-refractivity contribution in [3.05, 3.63) is 60.2 Å². The van der Waals surface area contributed by atoms with E-state index in [-0.39, 0.29) is 11.9 Å². The molecular formula is C19H21N5O3. The molecule has 0 aromatic carbocycles. The molecule has 1 fully saturated rings. The Hall–Kier alpha value is -2.97. The molecule has 27 heavy (non-hydrogen) atoms. The maximum absolute atomic E-state index is 12.2. The Morgan fingerprint density at radius 3 is 3.00 bits per heavy atom. The molecule has 3 N–H and O–H groups in total. The van der Waals surface area contributed by atoms with Gasteiger partial charge in [0.2, 0.25) is 0 Å². The van der Waals surface area contributed by atoms with Gasteiger partial charge in [-0.2, -0.15) is 5.10 Å². The molecule has 1 saturated heterocycles. The fraction of sp³-hybridized carbons (Fsp3) is 0.316. The molecule has 0 spiro atoms. The predicted octanol–water partition coefficient (Wildman–Crippen LogP) is 1.43. The van der Waals surface area contributed by atoms with Crippen LogP contribution in [0.5, 0.6) is 0 Å². The van der Waals surface area contributed by atoms with Crippen molar-refractivity contribution in [2.75, 3.05) is 13.1 Å². The van der Waals surface area contributed by atoms with Crippen molar-refractivity contribution in [1.29, 1.82) is 0 Å². The van der Waals surface area contributed by atoms with Crippen molar-refractivity contribution in [3.63, 3.8) is 0 Å². The van der Waals surface area contributed by atoms with Gasteiger partial charge in [0, 0.05) is 31.7 Å². The molecule has 3 aromatic heterocycles. The Morgan fingerprint density at radius 2 is 2.26 bits per heavy atom. The molecule has 140 valence electrons. The average molecular weight is 367 g/mol. The van der Waals surface area contributed by atoms with Gasteiger partial charge in [-0.1, -0.05) is 0 Å². The van der Waals surface area contributed by atoms with E-state index in [0.29, 0.717) is 25.1 Å². The predicted molar refractivity (Wildman–Crippen MR) is 97.7 cm³/mol. The van der Waals surface area contributed by atoms with Crippen molar-refractivity contribution in [2.24, 2.45) is 0 Å². The highest BCUT2D eigenvalue weighted by molar-refractivity contribution is 5.94. The topological polar surface area (TPSA) is 107 Å². The summed E-state index contributed by atoms with van der Waals surface area (Å²) in [7, 11) is 0. The summed E-state index contributed by atoms with van der Waals surface area (Å²) >= 11 is 0. The van der Waals surface area contributed by atoms with Gasteiger partial charge in [-0.05, 0) is 36.8 Å². The van der Waals surface area contributed by atoms with E-state index < -0.39 is 6.10 Å². The summed E-state index contributed by atoms with van der Waals surface area (Å²) in [6.45, 7) is 1.84. The summed E-state index contributed by atoms with van der Waals surface area (Å²) in [5.74, 6) is 1.35. The Bertz CT molecular complexity index is 878. The smallest absolute Gasteiger partial charge is 0.253 e. The number of carbonyl (C=O) groups is 1. The summed E-state index contributed by atoms with van der Waals surface area (Å²) < 4.78 is 5.84. The van der Waals surface area contributed by atoms with Crippen LogP contribution in [-0.2, 0) is 6.54 Å². The fourth-order valence-corrected chi connectivity index (χ4v) is 3.28. The highest BCUT2D eigenvalue weighted by atomic mass is 16.3. The first-order valence-electron chi connectivity index (χ1n) is 8.89. The lowest BCUT2D eigenvalue weighted by atomic mass is 10.0. The third-order valence-corrected chi connectivity index (χ3v) is 4.71. The fourth-order valence-electron chi connectivity index (χ4n) is 3.28. The lowest BCUT2D eigenvalue weighted by Gasteiger charge is -2.35. The quantitative estimate of drug-likeness (QED) is 0.630. The zero-order chi connectivity index (χ0) is 18.6. The molecular weight excluding hydrogens is 346 g/mol. The molecule has 8 heteroatoms. The highest BCUT2D eigenvalue weighted by Crippen LogP contribution is 2.22. The zero-order valence-corrected chi connectivity index (χ0v) is 14.7. The minimum Gasteiger partial charge on any atom is -0.458 e. The van der Waals surface area contributed by atoms with Crippen LogP contribution in [0.25, 0.3) is 11.5 Å². The molecule has 0 radical (unpaired) electrons. The molecule has 8 nitrogen and oxygen atoms in total. The van der Waals surface area contributed by atoms with E-state index in [9.17, 15) is 9.90 Å². The maximum Gasteiger partial charge on any atom is 0.253 e. The van der Waals surface area contributed by atoms with E-state index in [4.69, 9.17) is 4.42 Å². The third kappa shape index (κ3) is 4.07. The van der Waals surface area contributed by atoms with Gasteiger partial charge >= 0.3 is 0 Å².